The van der Waals surface area contributed by atoms with Gasteiger partial charge in [0.25, 0.3) is 0 Å². The molecular weight excluding hydrogens is 382 g/mol. The van der Waals surface area contributed by atoms with E-state index in [1.807, 2.05) is 30.3 Å². The maximum Gasteiger partial charge on any atom is 0.180 e. The number of carbonyl (C=O) groups excluding carboxylic acids is 1. The first-order valence-electron chi connectivity index (χ1n) is 10.9. The van der Waals surface area contributed by atoms with Gasteiger partial charge in [0, 0.05) is 35.8 Å². The zero-order chi connectivity index (χ0) is 20.4. The zero-order valence-corrected chi connectivity index (χ0v) is 18.3. The van der Waals surface area contributed by atoms with Crippen LogP contribution in [0.1, 0.15) is 39.5 Å². The molecule has 0 amide bonds. The van der Waals surface area contributed by atoms with Gasteiger partial charge in [0.05, 0.1) is 6.10 Å². The number of benzene rings is 1. The summed E-state index contributed by atoms with van der Waals surface area (Å²) in [4.78, 5) is 14.4. The van der Waals surface area contributed by atoms with E-state index in [2.05, 4.69) is 31.9 Å². The lowest BCUT2D eigenvalue weighted by molar-refractivity contribution is -0.111. The third-order valence-electron chi connectivity index (χ3n) is 8.37. The summed E-state index contributed by atoms with van der Waals surface area (Å²) >= 11 is 6.03. The van der Waals surface area contributed by atoms with Crippen LogP contribution in [0.3, 0.4) is 0 Å². The lowest BCUT2D eigenvalue weighted by Gasteiger charge is -2.58. The molecule has 1 aromatic rings. The molecule has 29 heavy (non-hydrogen) atoms. The summed E-state index contributed by atoms with van der Waals surface area (Å²) in [5.74, 6) is 2.94. The molecule has 1 aliphatic heterocycles. The summed E-state index contributed by atoms with van der Waals surface area (Å²) in [5, 5.41) is 0.744. The fourth-order valence-corrected chi connectivity index (χ4v) is 7.13. The topological polar surface area (TPSA) is 29.5 Å². The van der Waals surface area contributed by atoms with Crippen molar-refractivity contribution >= 4 is 17.4 Å². The van der Waals surface area contributed by atoms with Crippen molar-refractivity contribution in [2.24, 2.45) is 28.6 Å². The van der Waals surface area contributed by atoms with E-state index in [4.69, 9.17) is 16.3 Å². The second kappa shape index (κ2) is 6.63. The average Bonchev–Trinajstić information content (AvgIpc) is 3.01. The van der Waals surface area contributed by atoms with Crippen LogP contribution >= 0.6 is 11.6 Å². The molecule has 0 bridgehead atoms. The Labute approximate surface area is 178 Å². The van der Waals surface area contributed by atoms with E-state index >= 15 is 0 Å². The molecule has 0 aromatic heterocycles. The van der Waals surface area contributed by atoms with Gasteiger partial charge in [-0.25, -0.2) is 0 Å². The Morgan fingerprint density at radius 2 is 1.93 bits per heavy atom. The summed E-state index contributed by atoms with van der Waals surface area (Å²) in [5.41, 5.74) is 1.52. The third-order valence-corrected chi connectivity index (χ3v) is 8.63. The molecule has 5 rings (SSSR count). The molecule has 4 aliphatic rings. The van der Waals surface area contributed by atoms with E-state index in [-0.39, 0.29) is 17.3 Å². The van der Waals surface area contributed by atoms with Crippen LogP contribution in [0.15, 0.2) is 48.2 Å². The molecule has 1 heterocycles. The molecule has 3 fully saturated rings. The Balaban J connectivity index is 1.40. The second-order valence-corrected chi connectivity index (χ2v) is 10.6. The van der Waals surface area contributed by atoms with Gasteiger partial charge in [-0.15, -0.1) is 0 Å². The van der Waals surface area contributed by atoms with Crippen LogP contribution in [0.2, 0.25) is 5.02 Å². The predicted molar refractivity (Wildman–Crippen MR) is 116 cm³/mol. The third kappa shape index (κ3) is 3.04. The lowest BCUT2D eigenvalue weighted by atomic mass is 9.51. The number of ketones is 1. The van der Waals surface area contributed by atoms with Gasteiger partial charge in [0.2, 0.25) is 0 Å². The van der Waals surface area contributed by atoms with Gasteiger partial charge in [-0.05, 0) is 79.2 Å². The number of carbonyl (C=O) groups is 1. The largest absolute Gasteiger partial charge is 0.490 e. The lowest BCUT2D eigenvalue weighted by Crippen LogP contribution is -2.55. The van der Waals surface area contributed by atoms with Crippen LogP contribution in [0, 0.1) is 28.6 Å². The molecule has 3 nitrogen and oxygen atoms in total. The Hall–Kier alpha value is -1.74. The van der Waals surface area contributed by atoms with Gasteiger partial charge in [0.15, 0.2) is 5.78 Å². The minimum absolute atomic E-state index is 0.0258. The maximum absolute atomic E-state index is 12.0. The molecule has 154 valence electrons. The predicted octanol–water partition coefficient (Wildman–Crippen LogP) is 5.50. The molecule has 0 spiro atoms. The van der Waals surface area contributed by atoms with Gasteiger partial charge in [0.1, 0.15) is 5.75 Å². The molecule has 6 atom stereocenters. The van der Waals surface area contributed by atoms with Crippen molar-refractivity contribution in [3.05, 3.63) is 53.2 Å². The SMILES string of the molecule is CN1CC2C3C[C@H](Oc4ccc(Cl)cc4)C[C@@]3(C)CCC2[C@@]2(C)C=CC(=O)C=C12. The summed E-state index contributed by atoms with van der Waals surface area (Å²) in [7, 11) is 2.16. The van der Waals surface area contributed by atoms with Crippen LogP contribution in [-0.2, 0) is 4.79 Å². The minimum Gasteiger partial charge on any atom is -0.490 e. The van der Waals surface area contributed by atoms with Crippen LogP contribution in [-0.4, -0.2) is 30.4 Å². The Morgan fingerprint density at radius 3 is 2.69 bits per heavy atom. The molecule has 1 saturated heterocycles. The highest BCUT2D eigenvalue weighted by Gasteiger charge is 2.58. The number of hydrogen-bond donors (Lipinski definition) is 0. The average molecular weight is 412 g/mol. The van der Waals surface area contributed by atoms with Crippen molar-refractivity contribution in [2.45, 2.75) is 45.6 Å². The normalized spacial score (nSPS) is 40.8. The van der Waals surface area contributed by atoms with Crippen LogP contribution < -0.4 is 4.74 Å². The smallest absolute Gasteiger partial charge is 0.180 e. The van der Waals surface area contributed by atoms with Crippen molar-refractivity contribution in [3.63, 3.8) is 0 Å². The number of ether oxygens (including phenoxy) is 1. The number of nitrogens with zero attached hydrogens (tertiary/aromatic N) is 1. The van der Waals surface area contributed by atoms with Gasteiger partial charge in [-0.1, -0.05) is 31.5 Å². The highest BCUT2D eigenvalue weighted by molar-refractivity contribution is 6.30. The van der Waals surface area contributed by atoms with Crippen molar-refractivity contribution in [1.82, 2.24) is 4.90 Å². The van der Waals surface area contributed by atoms with E-state index < -0.39 is 0 Å². The first kappa shape index (κ1) is 19.2. The number of halogens is 1. The fraction of sp³-hybridized carbons (Fsp3) is 0.560. The molecular formula is C25H30ClNO2. The molecule has 2 saturated carbocycles. The van der Waals surface area contributed by atoms with Crippen molar-refractivity contribution in [3.8, 4) is 5.75 Å². The number of fused-ring (bicyclic) bond motifs is 5. The Kier molecular flexibility index (Phi) is 4.40. The molecule has 3 aliphatic carbocycles. The minimum atomic E-state index is -0.0258. The van der Waals surface area contributed by atoms with E-state index in [0.717, 1.165) is 30.2 Å². The molecule has 0 N–H and O–H groups in total. The molecule has 0 radical (unpaired) electrons. The molecule has 3 unspecified atom stereocenters. The summed E-state index contributed by atoms with van der Waals surface area (Å²) in [6.45, 7) is 5.86. The summed E-state index contributed by atoms with van der Waals surface area (Å²) in [6.07, 6.45) is 10.8. The quantitative estimate of drug-likeness (QED) is 0.643. The van der Waals surface area contributed by atoms with Gasteiger partial charge < -0.3 is 9.64 Å². The number of likely N-dealkylation sites (tertiary alicyclic amines) is 1. The van der Waals surface area contributed by atoms with Crippen LogP contribution in [0.25, 0.3) is 0 Å². The zero-order valence-electron chi connectivity index (χ0n) is 17.5. The van der Waals surface area contributed by atoms with Crippen molar-refractivity contribution < 1.29 is 9.53 Å². The standard InChI is InChI=1S/C25H30ClNO2/c1-24-10-9-21-20(15-27(3)23-12-17(28)8-11-25(21,23)2)22(24)13-19(14-24)29-18-6-4-16(26)5-7-18/h4-8,11-12,19-22H,9-10,13-15H2,1-3H3/t19-,20?,21?,22?,24+,25+/m0/s1. The monoisotopic (exact) mass is 411 g/mol. The first-order valence-corrected chi connectivity index (χ1v) is 11.2. The maximum atomic E-state index is 12.0. The Morgan fingerprint density at radius 1 is 1.17 bits per heavy atom. The van der Waals surface area contributed by atoms with Crippen LogP contribution in [0.4, 0.5) is 0 Å². The van der Waals surface area contributed by atoms with Gasteiger partial charge in [-0.3, -0.25) is 4.79 Å². The van der Waals surface area contributed by atoms with Crippen molar-refractivity contribution in [2.75, 3.05) is 13.6 Å². The number of hydrogen-bond acceptors (Lipinski definition) is 3. The van der Waals surface area contributed by atoms with E-state index in [1.165, 1.54) is 18.5 Å². The molecule has 1 aromatic carbocycles. The number of rotatable bonds is 2. The summed E-state index contributed by atoms with van der Waals surface area (Å²) < 4.78 is 6.40. The first-order chi connectivity index (χ1) is 13.8. The second-order valence-electron chi connectivity index (χ2n) is 10.1. The van der Waals surface area contributed by atoms with E-state index in [9.17, 15) is 4.79 Å². The Bertz CT molecular complexity index is 891. The highest BCUT2D eigenvalue weighted by Crippen LogP contribution is 2.63. The highest BCUT2D eigenvalue weighted by atomic mass is 35.5. The van der Waals surface area contributed by atoms with Crippen molar-refractivity contribution in [1.29, 1.82) is 0 Å². The van der Waals surface area contributed by atoms with Gasteiger partial charge in [-0.2, -0.15) is 0 Å². The van der Waals surface area contributed by atoms with Crippen LogP contribution in [0.5, 0.6) is 5.75 Å². The van der Waals surface area contributed by atoms with E-state index in [0.29, 0.717) is 23.2 Å². The van der Waals surface area contributed by atoms with Gasteiger partial charge >= 0.3 is 0 Å². The summed E-state index contributed by atoms with van der Waals surface area (Å²) in [6, 6.07) is 7.76. The van der Waals surface area contributed by atoms with E-state index in [1.54, 1.807) is 6.08 Å². The fourth-order valence-electron chi connectivity index (χ4n) is 7.00. The number of allylic oxidation sites excluding steroid dienone is 3. The number of piperidine rings is 1. The molecule has 4 heteroatoms.